The minimum absolute atomic E-state index is 0.428. The van der Waals surface area contributed by atoms with Gasteiger partial charge in [0, 0.05) is 33.7 Å². The van der Waals surface area contributed by atoms with Crippen LogP contribution in [0.4, 0.5) is 0 Å². The third-order valence-corrected chi connectivity index (χ3v) is 7.98. The Bertz CT molecular complexity index is 1090. The van der Waals surface area contributed by atoms with Gasteiger partial charge in [-0.05, 0) is 52.9 Å². The number of rotatable bonds is 8. The predicted molar refractivity (Wildman–Crippen MR) is 118 cm³/mol. The summed E-state index contributed by atoms with van der Waals surface area (Å²) in [4.78, 5) is 13.2. The minimum atomic E-state index is -1.64. The Morgan fingerprint density at radius 2 is 2.10 bits per heavy atom. The number of hydrogen-bond acceptors (Lipinski definition) is 9. The molecule has 1 amide bonds. The van der Waals surface area contributed by atoms with Crippen molar-refractivity contribution in [1.29, 1.82) is 0 Å². The Morgan fingerprint density at radius 3 is 2.73 bits per heavy atom. The molecule has 12 heteroatoms. The van der Waals surface area contributed by atoms with E-state index in [1.807, 2.05) is 25.1 Å². The second kappa shape index (κ2) is 9.27. The summed E-state index contributed by atoms with van der Waals surface area (Å²) < 4.78 is 14.7. The topological polar surface area (TPSA) is 139 Å². The Kier molecular flexibility index (Phi) is 6.49. The molecule has 0 bridgehead atoms. The van der Waals surface area contributed by atoms with Gasteiger partial charge < -0.3 is 5.32 Å². The average molecular weight is 462 g/mol. The Hall–Kier alpha value is -2.25. The average Bonchev–Trinajstić information content (AvgIpc) is 3.25. The lowest BCUT2D eigenvalue weighted by molar-refractivity contribution is -0.108. The number of tetrazole rings is 1. The summed E-state index contributed by atoms with van der Waals surface area (Å²) >= 11 is 2.92. The summed E-state index contributed by atoms with van der Waals surface area (Å²) in [6, 6.07) is 9.52. The normalized spacial score (nSPS) is 14.9. The lowest BCUT2D eigenvalue weighted by atomic mass is 9.95. The number of benzene rings is 2. The van der Waals surface area contributed by atoms with Gasteiger partial charge in [0.25, 0.3) is 0 Å². The molecule has 0 radical (unpaired) electrons. The Morgan fingerprint density at radius 1 is 1.27 bits per heavy atom. The van der Waals surface area contributed by atoms with E-state index >= 15 is 0 Å². The van der Waals surface area contributed by atoms with Crippen LogP contribution < -0.4 is 15.2 Å². The second-order valence-corrected chi connectivity index (χ2v) is 9.70. The van der Waals surface area contributed by atoms with E-state index in [1.54, 1.807) is 23.9 Å². The number of carbonyl (C=O) groups excluding carboxylic acids is 1. The van der Waals surface area contributed by atoms with Crippen molar-refractivity contribution in [2.75, 3.05) is 13.1 Å². The van der Waals surface area contributed by atoms with Gasteiger partial charge in [-0.25, -0.2) is 4.21 Å². The molecule has 0 spiro atoms. The van der Waals surface area contributed by atoms with Crippen molar-refractivity contribution in [2.45, 2.75) is 26.9 Å². The molecule has 1 atom stereocenters. The molecule has 0 aliphatic carbocycles. The Balaban J connectivity index is 1.89. The summed E-state index contributed by atoms with van der Waals surface area (Å²) in [6.45, 7) is 3.78. The zero-order chi connectivity index (χ0) is 21.1. The molecule has 1 fully saturated rings. The number of carbonyl (C=O) groups is 1. The largest absolute Gasteiger partial charge is 0.314 e. The molecule has 1 aliphatic heterocycles. The van der Waals surface area contributed by atoms with Gasteiger partial charge in [-0.3, -0.25) is 14.7 Å². The number of thioether (sulfide) groups is 1. The van der Waals surface area contributed by atoms with Gasteiger partial charge in [0.05, 0.1) is 4.90 Å². The number of aromatic amines is 1. The van der Waals surface area contributed by atoms with Crippen LogP contribution in [-0.4, -0.2) is 49.6 Å². The predicted octanol–water partition coefficient (Wildman–Crippen LogP) is 1.64. The molecular formula is C18H19N7O2S3. The van der Waals surface area contributed by atoms with Crippen molar-refractivity contribution in [2.24, 2.45) is 5.14 Å². The first-order valence-electron chi connectivity index (χ1n) is 9.00. The highest BCUT2D eigenvalue weighted by atomic mass is 32.2. The first-order valence-corrected chi connectivity index (χ1v) is 11.9. The third kappa shape index (κ3) is 4.01. The fourth-order valence-electron chi connectivity index (χ4n) is 3.23. The van der Waals surface area contributed by atoms with Crippen molar-refractivity contribution < 1.29 is 9.00 Å². The van der Waals surface area contributed by atoms with Crippen LogP contribution in [0.1, 0.15) is 5.56 Å². The van der Waals surface area contributed by atoms with E-state index in [1.165, 1.54) is 0 Å². The van der Waals surface area contributed by atoms with Gasteiger partial charge in [0.1, 0.15) is 0 Å². The van der Waals surface area contributed by atoms with Crippen LogP contribution >= 0.6 is 23.7 Å². The van der Waals surface area contributed by atoms with Crippen molar-refractivity contribution in [3.8, 4) is 22.5 Å². The van der Waals surface area contributed by atoms with Crippen molar-refractivity contribution in [3.05, 3.63) is 35.9 Å². The van der Waals surface area contributed by atoms with Crippen LogP contribution in [0.15, 0.2) is 45.0 Å². The summed E-state index contributed by atoms with van der Waals surface area (Å²) in [5.41, 5.74) is 3.25. The highest BCUT2D eigenvalue weighted by molar-refractivity contribution is 8.02. The molecule has 9 nitrogen and oxygen atoms in total. The summed E-state index contributed by atoms with van der Waals surface area (Å²) in [5, 5.41) is 24.5. The van der Waals surface area contributed by atoms with Crippen LogP contribution in [-0.2, 0) is 15.8 Å². The summed E-state index contributed by atoms with van der Waals surface area (Å²) in [7, 11) is -1.64. The zero-order valence-corrected chi connectivity index (χ0v) is 18.4. The van der Waals surface area contributed by atoms with Gasteiger partial charge >= 0.3 is 0 Å². The van der Waals surface area contributed by atoms with E-state index in [4.69, 9.17) is 5.14 Å². The van der Waals surface area contributed by atoms with Crippen LogP contribution in [0.3, 0.4) is 0 Å². The molecule has 3 aromatic rings. The smallest absolute Gasteiger partial charge is 0.219 e. The number of aromatic nitrogens is 4. The number of nitrogens with zero attached hydrogens (tertiary/aromatic N) is 3. The molecule has 4 rings (SSSR count). The van der Waals surface area contributed by atoms with Crippen LogP contribution in [0.25, 0.3) is 22.5 Å². The van der Waals surface area contributed by atoms with Crippen LogP contribution in [0, 0.1) is 6.92 Å². The zero-order valence-electron chi connectivity index (χ0n) is 15.9. The van der Waals surface area contributed by atoms with Crippen LogP contribution in [0.2, 0.25) is 0 Å². The molecule has 1 aliphatic rings. The molecule has 1 unspecified atom stereocenters. The van der Waals surface area contributed by atoms with Gasteiger partial charge in [-0.1, -0.05) is 18.2 Å². The van der Waals surface area contributed by atoms with Crippen LogP contribution in [0.5, 0.6) is 0 Å². The molecule has 30 heavy (non-hydrogen) atoms. The van der Waals surface area contributed by atoms with E-state index in [9.17, 15) is 9.00 Å². The molecule has 5 N–H and O–H groups in total. The molecular weight excluding hydrogens is 442 g/mol. The van der Waals surface area contributed by atoms with E-state index in [-0.39, 0.29) is 0 Å². The van der Waals surface area contributed by atoms with Gasteiger partial charge in [0.2, 0.25) is 12.2 Å². The number of hydrogen-bond donors (Lipinski definition) is 4. The first kappa shape index (κ1) is 21.0. The van der Waals surface area contributed by atoms with E-state index in [0.29, 0.717) is 22.4 Å². The van der Waals surface area contributed by atoms with Crippen molar-refractivity contribution in [3.63, 3.8) is 0 Å². The summed E-state index contributed by atoms with van der Waals surface area (Å²) in [6.07, 6.45) is 0.428. The lowest BCUT2D eigenvalue weighted by Crippen LogP contribution is -2.44. The first-order chi connectivity index (χ1) is 14.6. The second-order valence-electron chi connectivity index (χ2n) is 6.50. The standard InChI is InChI=1S/C18H19N7O2S3/c1-10-12(3-2-4-15(10)30(27)21-9-26)13-5-6-14(28-11-7-20-8-11)17(29-19)16(13)18-22-24-25-23-18/h2-6,9,11,20H,7-8,19H2,1H3,(H,21,26)(H,22,23,24,25). The lowest BCUT2D eigenvalue weighted by Gasteiger charge is -2.27. The molecule has 2 aromatic carbocycles. The third-order valence-electron chi connectivity index (χ3n) is 4.78. The molecule has 156 valence electrons. The molecule has 1 saturated heterocycles. The maximum absolute atomic E-state index is 12.4. The number of amides is 1. The van der Waals surface area contributed by atoms with E-state index < -0.39 is 11.0 Å². The van der Waals surface area contributed by atoms with Gasteiger partial charge in [-0.15, -0.1) is 22.0 Å². The monoisotopic (exact) mass is 461 g/mol. The number of nitrogens with two attached hydrogens (primary N) is 1. The number of H-pyrrole nitrogens is 1. The number of nitrogens with one attached hydrogen (secondary N) is 3. The maximum Gasteiger partial charge on any atom is 0.219 e. The van der Waals surface area contributed by atoms with Crippen molar-refractivity contribution >= 4 is 41.1 Å². The summed E-state index contributed by atoms with van der Waals surface area (Å²) in [5.74, 6) is 0.434. The Labute approximate surface area is 184 Å². The molecule has 2 heterocycles. The highest BCUT2D eigenvalue weighted by Crippen LogP contribution is 2.44. The van der Waals surface area contributed by atoms with E-state index in [0.717, 1.165) is 57.1 Å². The van der Waals surface area contributed by atoms with Crippen molar-refractivity contribution in [1.82, 2.24) is 30.7 Å². The quantitative estimate of drug-likeness (QED) is 0.291. The minimum Gasteiger partial charge on any atom is -0.314 e. The fraction of sp³-hybridized carbons (Fsp3) is 0.222. The SMILES string of the molecule is Cc1c(-c2ccc(SC3CNC3)c(SN)c2-c2nn[nH]n2)cccc1S(=O)NC=O. The highest BCUT2D eigenvalue weighted by Gasteiger charge is 2.25. The maximum atomic E-state index is 12.4. The van der Waals surface area contributed by atoms with Gasteiger partial charge in [-0.2, -0.15) is 5.21 Å². The molecule has 0 saturated carbocycles. The molecule has 1 aromatic heterocycles. The van der Waals surface area contributed by atoms with E-state index in [2.05, 4.69) is 30.7 Å². The van der Waals surface area contributed by atoms with Gasteiger partial charge in [0.15, 0.2) is 11.0 Å². The fourth-order valence-corrected chi connectivity index (χ4v) is 5.94.